The molecule has 2 aliphatic rings. The van der Waals surface area contributed by atoms with Crippen molar-refractivity contribution in [2.75, 3.05) is 88.7 Å². The summed E-state index contributed by atoms with van der Waals surface area (Å²) in [6.45, 7) is 2.15. The minimum absolute atomic E-state index is 0.00759. The zero-order chi connectivity index (χ0) is 83.8. The van der Waals surface area contributed by atoms with E-state index in [2.05, 4.69) is 68.8 Å². The molecule has 50 nitrogen and oxygen atoms in total. The number of unbranched alkanes of at least 4 members (excludes halogenated alkanes) is 4. The number of imidazole rings is 2. The Morgan fingerprint density at radius 2 is 0.857 bits per heavy atom. The molecule has 4 aromatic rings. The third-order valence-electron chi connectivity index (χ3n) is 15.7. The molecule has 2 aliphatic heterocycles. The normalized spacial score (nSPS) is 21.7. The highest BCUT2D eigenvalue weighted by Gasteiger charge is 2.53. The number of carbonyl (C=O) groups is 6. The lowest BCUT2D eigenvalue weighted by Crippen LogP contribution is -2.46. The molecule has 24 N–H and O–H groups in total. The molecule has 4 aromatic heterocycles. The quantitative estimate of drug-likeness (QED) is 0.0174. The van der Waals surface area contributed by atoms with Crippen LogP contribution in [0, 0.1) is 10.8 Å². The highest BCUT2D eigenvalue weighted by molar-refractivity contribution is 8.13. The first-order valence-corrected chi connectivity index (χ1v) is 44.6. The molecule has 14 atom stereocenters. The van der Waals surface area contributed by atoms with Crippen LogP contribution in [0.2, 0.25) is 0 Å². The first-order valence-electron chi connectivity index (χ1n) is 33.6. The fraction of sp³-hybridized carbons (Fsp3) is 0.704. The summed E-state index contributed by atoms with van der Waals surface area (Å²) < 4.78 is 124. The molecule has 0 aromatic carbocycles. The number of phosphoric ester groups is 6. The molecule has 6 heterocycles. The summed E-state index contributed by atoms with van der Waals surface area (Å²) >= 11 is 2.19. The van der Waals surface area contributed by atoms with Crippen LogP contribution in [0.1, 0.15) is 104 Å². The van der Waals surface area contributed by atoms with Crippen molar-refractivity contribution >= 4 is 138 Å². The Balaban J connectivity index is 0.000000400. The second-order valence-electron chi connectivity index (χ2n) is 25.8. The number of rotatable bonds is 48. The van der Waals surface area contributed by atoms with Crippen LogP contribution in [0.5, 0.6) is 0 Å². The van der Waals surface area contributed by atoms with E-state index in [1.54, 1.807) is 0 Å². The maximum absolute atomic E-state index is 12.7. The van der Waals surface area contributed by atoms with Crippen molar-refractivity contribution in [2.45, 2.75) is 153 Å². The molecule has 0 saturated carbocycles. The van der Waals surface area contributed by atoms with E-state index in [9.17, 15) is 116 Å². The minimum atomic E-state index is -5.57. The topological polar surface area (TPSA) is 779 Å². The number of thioether (sulfide) groups is 2. The number of carbonyl (C=O) groups excluding carboxylic acids is 6. The number of aliphatic hydroxyl groups is 4. The molecule has 0 radical (unpaired) electrons. The predicted octanol–water partition coefficient (Wildman–Crippen LogP) is -1.63. The zero-order valence-electron chi connectivity index (χ0n) is 60.4. The molecule has 0 spiro atoms. The van der Waals surface area contributed by atoms with Gasteiger partial charge in [0, 0.05) is 74.2 Å². The van der Waals surface area contributed by atoms with Crippen LogP contribution in [0.3, 0.4) is 0 Å². The Morgan fingerprint density at radius 3 is 1.20 bits per heavy atom. The molecule has 2 fully saturated rings. The SMILES string of the molecule is CC(C)(COP(=O)(O)OP(=O)(O)OC[C@H]1O[C@@H](n2cnc3c(N)ncnc32)[C@H](O)[C@@H]1OP(=O)(O)O)C(O)C(=O)NCCC(=O)NCCSC(=O)CCCCCN.CC(C)(COP(=O)(O)OP(=O)(O)OC[C@H]1O[C@@H](n2cnc3c(N)ncnc32)[C@H](O)[C@@H]1OP(=O)(O)O)C(O)C(=O)NCCC(=O)NCCSC(=O)CCCCCN. The van der Waals surface area contributed by atoms with Gasteiger partial charge in [0.05, 0.1) is 39.1 Å². The van der Waals surface area contributed by atoms with Crippen molar-refractivity contribution in [3.8, 4) is 0 Å². The Kier molecular flexibility index (Phi) is 38.4. The monoisotopic (exact) mass is 1760 g/mol. The van der Waals surface area contributed by atoms with E-state index < -0.39 is 169 Å². The number of nitrogens with zero attached hydrogens (tertiary/aromatic N) is 8. The number of aromatic nitrogens is 8. The van der Waals surface area contributed by atoms with E-state index in [-0.39, 0.29) is 83.2 Å². The van der Waals surface area contributed by atoms with Gasteiger partial charge in [0.2, 0.25) is 23.6 Å². The van der Waals surface area contributed by atoms with Gasteiger partial charge in [-0.25, -0.2) is 57.3 Å². The molecule has 6 rings (SSSR count). The molecule has 6 unspecified atom stereocenters. The molecular weight excluding hydrogens is 1670 g/mol. The number of nitrogens with one attached hydrogen (secondary N) is 4. The van der Waals surface area contributed by atoms with Crippen molar-refractivity contribution in [1.82, 2.24) is 60.3 Å². The van der Waals surface area contributed by atoms with Crippen LogP contribution in [-0.2, 0) is 101 Å². The Labute approximate surface area is 646 Å². The smallest absolute Gasteiger partial charge is 0.386 e. The van der Waals surface area contributed by atoms with Crippen LogP contribution in [-0.4, -0.2) is 259 Å². The maximum atomic E-state index is 12.7. The van der Waals surface area contributed by atoms with Crippen molar-refractivity contribution < 1.29 is 161 Å². The van der Waals surface area contributed by atoms with E-state index in [4.69, 9.17) is 50.5 Å². The third kappa shape index (κ3) is 32.5. The van der Waals surface area contributed by atoms with Crippen molar-refractivity contribution in [2.24, 2.45) is 22.3 Å². The predicted molar refractivity (Wildman–Crippen MR) is 389 cm³/mol. The Hall–Kier alpha value is -4.96. The molecule has 636 valence electrons. The molecule has 112 heavy (non-hydrogen) atoms. The first kappa shape index (κ1) is 97.6. The number of nitrogen functional groups attached to an aromatic ring is 2. The number of hydrogen-bond acceptors (Lipinski definition) is 38. The lowest BCUT2D eigenvalue weighted by molar-refractivity contribution is -0.137. The fourth-order valence-electron chi connectivity index (χ4n) is 9.92. The Bertz CT molecular complexity index is 3860. The van der Waals surface area contributed by atoms with Crippen LogP contribution in [0.15, 0.2) is 25.3 Å². The number of aliphatic hydroxyl groups excluding tert-OH is 4. The second-order valence-corrected chi connectivity index (χ2v) is 36.6. The van der Waals surface area contributed by atoms with Crippen molar-refractivity contribution in [3.05, 3.63) is 25.3 Å². The standard InChI is InChI=1S/2C27H47N8O17P3S/c2*1-27(2,22(39)25(40)31-9-7-17(36)30-10-11-56-18(37)6-4-3-5-8-28)13-49-55(46,47)52-54(44,45)48-12-16-21(51-53(41,42)43)20(38)26(50-16)35-15-34-19-23(29)32-14-33-24(19)35/h2*14-16,20-22,26,38-39H,3-13,28H2,1-2H3,(H,30,36)(H,31,40)(H,44,45)(H,46,47)(H2,29,32,33)(H2,41,42,43)/t2*16-,20-,21-,22?,26-/m11/s1. The number of amides is 4. The van der Waals surface area contributed by atoms with Crippen LogP contribution >= 0.6 is 70.5 Å². The maximum Gasteiger partial charge on any atom is 0.481 e. The van der Waals surface area contributed by atoms with Gasteiger partial charge < -0.3 is 113 Å². The second kappa shape index (κ2) is 44.0. The number of phosphoric acid groups is 6. The van der Waals surface area contributed by atoms with E-state index >= 15 is 0 Å². The Morgan fingerprint density at radius 1 is 0.509 bits per heavy atom. The van der Waals surface area contributed by atoms with Gasteiger partial charge in [-0.2, -0.15) is 8.62 Å². The van der Waals surface area contributed by atoms with E-state index in [0.717, 1.165) is 96.5 Å². The van der Waals surface area contributed by atoms with Crippen LogP contribution in [0.4, 0.5) is 11.6 Å². The average Bonchev–Trinajstić information content (AvgIpc) is 1.62. The lowest BCUT2D eigenvalue weighted by Gasteiger charge is -2.30. The molecule has 0 bridgehead atoms. The number of nitrogens with two attached hydrogens (primary N) is 4. The number of hydrogen-bond donors (Lipinski definition) is 20. The van der Waals surface area contributed by atoms with E-state index in [0.29, 0.717) is 37.4 Å². The van der Waals surface area contributed by atoms with Gasteiger partial charge in [-0.05, 0) is 38.8 Å². The van der Waals surface area contributed by atoms with Gasteiger partial charge in [-0.1, -0.05) is 64.1 Å². The lowest BCUT2D eigenvalue weighted by atomic mass is 9.87. The van der Waals surface area contributed by atoms with Crippen molar-refractivity contribution in [1.29, 1.82) is 0 Å². The van der Waals surface area contributed by atoms with Crippen molar-refractivity contribution in [3.63, 3.8) is 0 Å². The number of anilines is 2. The number of fused-ring (bicyclic) bond motifs is 2. The van der Waals surface area contributed by atoms with Gasteiger partial charge in [0.25, 0.3) is 0 Å². The molecular formula is C54H94N16O34P6S2. The molecule has 58 heteroatoms. The van der Waals surface area contributed by atoms with Gasteiger partial charge in [0.15, 0.2) is 45.6 Å². The summed E-state index contributed by atoms with van der Waals surface area (Å²) in [6, 6.07) is 0. The molecule has 2 saturated heterocycles. The molecule has 4 amide bonds. The summed E-state index contributed by atoms with van der Waals surface area (Å²) in [6.07, 6.45) is -8.08. The van der Waals surface area contributed by atoms with Gasteiger partial charge in [-0.15, -0.1) is 0 Å². The summed E-state index contributed by atoms with van der Waals surface area (Å²) in [7, 11) is -32.8. The highest BCUT2D eigenvalue weighted by atomic mass is 32.2. The summed E-state index contributed by atoms with van der Waals surface area (Å²) in [5, 5.41) is 52.7. The fourth-order valence-corrected chi connectivity index (χ4v) is 17.0. The highest BCUT2D eigenvalue weighted by Crippen LogP contribution is 2.63. The van der Waals surface area contributed by atoms with E-state index in [1.165, 1.54) is 27.7 Å². The summed E-state index contributed by atoms with van der Waals surface area (Å²) in [5.41, 5.74) is 19.4. The average molecular weight is 1760 g/mol. The number of ether oxygens (including phenoxy) is 2. The first-order chi connectivity index (χ1) is 52.1. The minimum Gasteiger partial charge on any atom is -0.386 e. The van der Waals surface area contributed by atoms with Gasteiger partial charge >= 0.3 is 46.9 Å². The summed E-state index contributed by atoms with van der Waals surface area (Å²) in [5.74, 6) is -2.17. The van der Waals surface area contributed by atoms with E-state index in [1.807, 2.05) is 0 Å². The third-order valence-corrected chi connectivity index (χ3v) is 23.8. The van der Waals surface area contributed by atoms with Gasteiger partial charge in [-0.3, -0.25) is 65.0 Å². The largest absolute Gasteiger partial charge is 0.481 e. The van der Waals surface area contributed by atoms with Gasteiger partial charge in [0.1, 0.15) is 72.5 Å². The summed E-state index contributed by atoms with van der Waals surface area (Å²) in [4.78, 5) is 175. The molecule has 0 aliphatic carbocycles. The zero-order valence-corrected chi connectivity index (χ0v) is 67.4. The van der Waals surface area contributed by atoms with Crippen LogP contribution in [0.25, 0.3) is 22.3 Å². The van der Waals surface area contributed by atoms with Crippen LogP contribution < -0.4 is 44.2 Å².